The van der Waals surface area contributed by atoms with Gasteiger partial charge in [-0.15, -0.1) is 13.2 Å². The largest absolute Gasteiger partial charge is 0.574 e. The summed E-state index contributed by atoms with van der Waals surface area (Å²) in [5.74, 6) is -2.90. The lowest BCUT2D eigenvalue weighted by molar-refractivity contribution is -0.275. The van der Waals surface area contributed by atoms with Crippen molar-refractivity contribution >= 4 is 0 Å². The maximum atomic E-state index is 13.5. The maximum Gasteiger partial charge on any atom is 0.574 e. The van der Waals surface area contributed by atoms with Gasteiger partial charge in [0, 0.05) is 6.20 Å². The van der Waals surface area contributed by atoms with Crippen LogP contribution in [0.4, 0.5) is 22.0 Å². The summed E-state index contributed by atoms with van der Waals surface area (Å²) in [4.78, 5) is 3.35. The van der Waals surface area contributed by atoms with Crippen molar-refractivity contribution in [2.24, 2.45) is 0 Å². The fourth-order valence-corrected chi connectivity index (χ4v) is 1.53. The van der Waals surface area contributed by atoms with Crippen LogP contribution in [0.25, 0.3) is 11.1 Å². The second kappa shape index (κ2) is 4.83. The van der Waals surface area contributed by atoms with Gasteiger partial charge in [-0.25, -0.2) is 13.8 Å². The maximum absolute atomic E-state index is 13.5. The number of pyridine rings is 1. The summed E-state index contributed by atoms with van der Waals surface area (Å²) in [5, 5.41) is 0. The van der Waals surface area contributed by atoms with Crippen LogP contribution in [0.2, 0.25) is 0 Å². The zero-order chi connectivity index (χ0) is 14.0. The Bertz CT molecular complexity index is 577. The molecule has 100 valence electrons. The van der Waals surface area contributed by atoms with E-state index in [1.165, 1.54) is 6.07 Å². The highest BCUT2D eigenvalue weighted by atomic mass is 19.4. The molecular formula is C12H6F5NO. The molecule has 0 radical (unpaired) electrons. The minimum absolute atomic E-state index is 0.407. The number of aromatic nitrogens is 1. The summed E-state index contributed by atoms with van der Waals surface area (Å²) in [5.41, 5.74) is -1.02. The van der Waals surface area contributed by atoms with Crippen molar-refractivity contribution in [1.29, 1.82) is 0 Å². The van der Waals surface area contributed by atoms with Crippen LogP contribution in [0.3, 0.4) is 0 Å². The number of rotatable bonds is 2. The molecule has 1 heterocycles. The number of ether oxygens (including phenoxy) is 1. The van der Waals surface area contributed by atoms with Gasteiger partial charge in [-0.3, -0.25) is 0 Å². The molecule has 0 amide bonds. The Morgan fingerprint density at radius 2 is 1.58 bits per heavy atom. The predicted molar refractivity (Wildman–Crippen MR) is 56.3 cm³/mol. The van der Waals surface area contributed by atoms with E-state index in [9.17, 15) is 22.0 Å². The predicted octanol–water partition coefficient (Wildman–Crippen LogP) is 3.93. The normalized spacial score (nSPS) is 11.4. The molecule has 2 nitrogen and oxygen atoms in total. The summed E-state index contributed by atoms with van der Waals surface area (Å²) in [6.45, 7) is 0. The molecule has 2 rings (SSSR count). The van der Waals surface area contributed by atoms with Crippen molar-refractivity contribution in [2.75, 3.05) is 0 Å². The van der Waals surface area contributed by atoms with E-state index in [2.05, 4.69) is 9.72 Å². The first-order chi connectivity index (χ1) is 8.88. The molecule has 0 N–H and O–H groups in total. The molecule has 0 saturated heterocycles. The van der Waals surface area contributed by atoms with Crippen LogP contribution in [-0.2, 0) is 0 Å². The fraction of sp³-hybridized carbons (Fsp3) is 0.0833. The van der Waals surface area contributed by atoms with Gasteiger partial charge >= 0.3 is 6.36 Å². The third-order valence-electron chi connectivity index (χ3n) is 2.22. The first-order valence-corrected chi connectivity index (χ1v) is 5.03. The molecule has 0 aliphatic rings. The standard InChI is InChI=1S/C12H6F5NO/c13-8-4-1-5-9(14)10(8)7-3-2-6-18-11(7)19-12(15,16)17/h1-6H. The lowest BCUT2D eigenvalue weighted by Crippen LogP contribution is -2.18. The van der Waals surface area contributed by atoms with Gasteiger partial charge in [0.15, 0.2) is 0 Å². The topological polar surface area (TPSA) is 22.1 Å². The number of hydrogen-bond donors (Lipinski definition) is 0. The van der Waals surface area contributed by atoms with E-state index in [-0.39, 0.29) is 0 Å². The minimum Gasteiger partial charge on any atom is -0.387 e. The molecule has 0 spiro atoms. The van der Waals surface area contributed by atoms with Crippen LogP contribution in [0.5, 0.6) is 5.88 Å². The van der Waals surface area contributed by atoms with E-state index in [0.717, 1.165) is 30.5 Å². The Balaban J connectivity index is 2.57. The average molecular weight is 275 g/mol. The van der Waals surface area contributed by atoms with Gasteiger partial charge in [0.2, 0.25) is 5.88 Å². The molecule has 19 heavy (non-hydrogen) atoms. The zero-order valence-corrected chi connectivity index (χ0v) is 9.21. The smallest absolute Gasteiger partial charge is 0.387 e. The van der Waals surface area contributed by atoms with Gasteiger partial charge in [-0.1, -0.05) is 6.07 Å². The van der Waals surface area contributed by atoms with Crippen LogP contribution in [0, 0.1) is 11.6 Å². The summed E-state index contributed by atoms with van der Waals surface area (Å²) in [7, 11) is 0. The van der Waals surface area contributed by atoms with Crippen molar-refractivity contribution in [2.45, 2.75) is 6.36 Å². The molecule has 0 bridgehead atoms. The van der Waals surface area contributed by atoms with Gasteiger partial charge in [0.05, 0.1) is 11.1 Å². The van der Waals surface area contributed by atoms with Crippen LogP contribution < -0.4 is 4.74 Å². The van der Waals surface area contributed by atoms with Crippen LogP contribution in [-0.4, -0.2) is 11.3 Å². The molecule has 1 aromatic heterocycles. The van der Waals surface area contributed by atoms with Gasteiger partial charge < -0.3 is 4.74 Å². The van der Waals surface area contributed by atoms with E-state index in [4.69, 9.17) is 0 Å². The van der Waals surface area contributed by atoms with Crippen molar-refractivity contribution in [3.63, 3.8) is 0 Å². The number of hydrogen-bond acceptors (Lipinski definition) is 2. The number of halogens is 5. The quantitative estimate of drug-likeness (QED) is 0.775. The number of alkyl halides is 3. The van der Waals surface area contributed by atoms with E-state index in [0.29, 0.717) is 0 Å². The molecular weight excluding hydrogens is 269 g/mol. The Labute approximate surface area is 104 Å². The Hall–Kier alpha value is -2.18. The Morgan fingerprint density at radius 1 is 0.947 bits per heavy atom. The van der Waals surface area contributed by atoms with Crippen LogP contribution >= 0.6 is 0 Å². The second-order valence-corrected chi connectivity index (χ2v) is 3.50. The van der Waals surface area contributed by atoms with E-state index in [1.807, 2.05) is 0 Å². The highest BCUT2D eigenvalue weighted by Gasteiger charge is 2.33. The molecule has 0 atom stereocenters. The molecule has 7 heteroatoms. The van der Waals surface area contributed by atoms with Crippen LogP contribution in [0.15, 0.2) is 36.5 Å². The summed E-state index contributed by atoms with van der Waals surface area (Å²) in [6, 6.07) is 5.32. The third-order valence-corrected chi connectivity index (χ3v) is 2.22. The SMILES string of the molecule is Fc1cccc(F)c1-c1cccnc1OC(F)(F)F. The van der Waals surface area contributed by atoms with E-state index < -0.39 is 35.0 Å². The first-order valence-electron chi connectivity index (χ1n) is 5.03. The minimum atomic E-state index is -5.00. The molecule has 2 aromatic rings. The van der Waals surface area contributed by atoms with Crippen molar-refractivity contribution < 1.29 is 26.7 Å². The van der Waals surface area contributed by atoms with Gasteiger partial charge in [0.25, 0.3) is 0 Å². The monoisotopic (exact) mass is 275 g/mol. The van der Waals surface area contributed by atoms with Crippen molar-refractivity contribution in [1.82, 2.24) is 4.98 Å². The molecule has 1 aromatic carbocycles. The van der Waals surface area contributed by atoms with Crippen molar-refractivity contribution in [3.8, 4) is 17.0 Å². The average Bonchev–Trinajstić information content (AvgIpc) is 2.29. The lowest BCUT2D eigenvalue weighted by Gasteiger charge is -2.12. The van der Waals surface area contributed by atoms with Crippen LogP contribution in [0.1, 0.15) is 0 Å². The van der Waals surface area contributed by atoms with Crippen molar-refractivity contribution in [3.05, 3.63) is 48.2 Å². The Kier molecular flexibility index (Phi) is 3.37. The number of benzene rings is 1. The van der Waals surface area contributed by atoms with Gasteiger partial charge in [-0.05, 0) is 24.3 Å². The number of nitrogens with zero attached hydrogens (tertiary/aromatic N) is 1. The lowest BCUT2D eigenvalue weighted by atomic mass is 10.1. The molecule has 0 unspecified atom stereocenters. The summed E-state index contributed by atoms with van der Waals surface area (Å²) < 4.78 is 67.3. The van der Waals surface area contributed by atoms with Gasteiger partial charge in [-0.2, -0.15) is 0 Å². The fourth-order valence-electron chi connectivity index (χ4n) is 1.53. The first kappa shape index (κ1) is 13.3. The molecule has 0 aliphatic carbocycles. The summed E-state index contributed by atoms with van der Waals surface area (Å²) >= 11 is 0. The molecule has 0 saturated carbocycles. The zero-order valence-electron chi connectivity index (χ0n) is 9.21. The highest BCUT2D eigenvalue weighted by molar-refractivity contribution is 5.69. The molecule has 0 aliphatic heterocycles. The Morgan fingerprint density at radius 3 is 2.16 bits per heavy atom. The van der Waals surface area contributed by atoms with Gasteiger partial charge in [0.1, 0.15) is 11.6 Å². The third kappa shape index (κ3) is 2.98. The van der Waals surface area contributed by atoms with E-state index in [1.54, 1.807) is 0 Å². The molecule has 0 fully saturated rings. The van der Waals surface area contributed by atoms with E-state index >= 15 is 0 Å². The second-order valence-electron chi connectivity index (χ2n) is 3.50. The summed E-state index contributed by atoms with van der Waals surface area (Å²) in [6.07, 6.45) is -3.96. The highest BCUT2D eigenvalue weighted by Crippen LogP contribution is 2.34.